The topological polar surface area (TPSA) is 66.8 Å². The summed E-state index contributed by atoms with van der Waals surface area (Å²) < 4.78 is 141. The quantitative estimate of drug-likeness (QED) is 0.0861. The van der Waals surface area contributed by atoms with E-state index >= 15 is 0 Å². The van der Waals surface area contributed by atoms with Crippen LogP contribution in [-0.4, -0.2) is 42.9 Å². The number of halogens is 11. The maximum atomic E-state index is 14.3. The van der Waals surface area contributed by atoms with Gasteiger partial charge in [-0.05, 0) is 96.1 Å². The van der Waals surface area contributed by atoms with Crippen LogP contribution in [0.25, 0.3) is 44.5 Å². The van der Waals surface area contributed by atoms with Crippen LogP contribution in [0.1, 0.15) is 43.0 Å². The Labute approximate surface area is 359 Å². The average molecular weight is 938 g/mol. The molecule has 2 N–H and O–H groups in total. The summed E-state index contributed by atoms with van der Waals surface area (Å²) in [6.45, 7) is 4.27. The minimum absolute atomic E-state index is 0.0625. The lowest BCUT2D eigenvalue weighted by molar-refractivity contribution is 0.112. The number of ether oxygens (including phenoxy) is 1. The Kier molecular flexibility index (Phi) is 18.9. The first-order chi connectivity index (χ1) is 29.6. The SMILES string of the molecule is C1CCOC1.CCCC(CO)CO.Fc1cc(Br)ccc1-c1ccc(-c2cc(F)c(F)c(F)c2)c(F)c1.O=Cc1ccc(-c2ccc(-c3cc(F)c(F)c(F)c3)c(F)c2)c(F)c1. The molecule has 1 saturated heterocycles. The van der Waals surface area contributed by atoms with E-state index in [9.17, 15) is 48.7 Å². The summed E-state index contributed by atoms with van der Waals surface area (Å²) in [5, 5.41) is 17.0. The molecular weight excluding hydrogens is 898 g/mol. The van der Waals surface area contributed by atoms with Gasteiger partial charge in [0, 0.05) is 64.6 Å². The van der Waals surface area contributed by atoms with Crippen LogP contribution in [-0.2, 0) is 4.74 Å². The van der Waals surface area contributed by atoms with Crippen molar-refractivity contribution in [3.8, 4) is 44.5 Å². The number of aliphatic hydroxyl groups is 2. The minimum Gasteiger partial charge on any atom is -0.396 e. The standard InChI is InChI=1S/C19H9F5O.C18H8BrF5.C6H14O2.C4H8O/c20-15-5-10(9-25)1-3-13(15)11-2-4-14(16(21)6-11)12-7-17(22)19(24)18(23)8-12;19-11-2-4-12(15(21)8-11)9-1-3-13(14(20)5-9)10-6-16(22)18(24)17(23)7-10;1-2-3-6(4-7)5-8;1-2-4-5-3-1/h1-9H;1-8H;6-8H,2-5H2,1H3;1-4H2. The van der Waals surface area contributed by atoms with E-state index in [-0.39, 0.29) is 69.2 Å². The highest BCUT2D eigenvalue weighted by Crippen LogP contribution is 2.33. The van der Waals surface area contributed by atoms with E-state index in [4.69, 9.17) is 14.9 Å². The molecule has 1 heterocycles. The summed E-state index contributed by atoms with van der Waals surface area (Å²) in [5.41, 5.74) is 0.219. The van der Waals surface area contributed by atoms with Gasteiger partial charge >= 0.3 is 0 Å². The number of rotatable bonds is 9. The smallest absolute Gasteiger partial charge is 0.194 e. The molecule has 6 aromatic carbocycles. The number of hydrogen-bond acceptors (Lipinski definition) is 4. The van der Waals surface area contributed by atoms with Crippen molar-refractivity contribution < 1.29 is 63.6 Å². The third-order valence-corrected chi connectivity index (χ3v) is 9.74. The van der Waals surface area contributed by atoms with Gasteiger partial charge in [-0.3, -0.25) is 4.79 Å². The zero-order chi connectivity index (χ0) is 45.5. The zero-order valence-corrected chi connectivity index (χ0v) is 34.5. The molecule has 1 fully saturated rings. The van der Waals surface area contributed by atoms with E-state index in [0.29, 0.717) is 35.0 Å². The first-order valence-corrected chi connectivity index (χ1v) is 19.8. The Balaban J connectivity index is 0.000000212. The fraction of sp³-hybridized carbons (Fsp3) is 0.213. The van der Waals surface area contributed by atoms with Gasteiger partial charge in [0.05, 0.1) is 0 Å². The molecule has 0 aliphatic carbocycles. The van der Waals surface area contributed by atoms with Crippen molar-refractivity contribution in [2.45, 2.75) is 32.6 Å². The highest BCUT2D eigenvalue weighted by atomic mass is 79.9. The van der Waals surface area contributed by atoms with Crippen molar-refractivity contribution in [2.24, 2.45) is 5.92 Å². The van der Waals surface area contributed by atoms with Crippen molar-refractivity contribution in [2.75, 3.05) is 26.4 Å². The lowest BCUT2D eigenvalue weighted by Crippen LogP contribution is -2.09. The molecule has 15 heteroatoms. The molecule has 328 valence electrons. The van der Waals surface area contributed by atoms with Crippen molar-refractivity contribution in [3.63, 3.8) is 0 Å². The van der Waals surface area contributed by atoms with Crippen molar-refractivity contribution in [1.82, 2.24) is 0 Å². The fourth-order valence-corrected chi connectivity index (χ4v) is 6.31. The van der Waals surface area contributed by atoms with Gasteiger partial charge in [0.1, 0.15) is 29.6 Å². The van der Waals surface area contributed by atoms with Crippen LogP contribution in [0.15, 0.2) is 102 Å². The lowest BCUT2D eigenvalue weighted by Gasteiger charge is -2.09. The molecule has 0 spiro atoms. The van der Waals surface area contributed by atoms with Crippen LogP contribution in [0.5, 0.6) is 0 Å². The molecule has 6 aromatic rings. The first-order valence-electron chi connectivity index (χ1n) is 19.0. The molecule has 0 unspecified atom stereocenters. The number of aldehydes is 1. The lowest BCUT2D eigenvalue weighted by atomic mass is 9.98. The van der Waals surface area contributed by atoms with Crippen LogP contribution in [0.2, 0.25) is 0 Å². The second-order valence-corrected chi connectivity index (χ2v) is 14.6. The van der Waals surface area contributed by atoms with Crippen LogP contribution >= 0.6 is 15.9 Å². The predicted molar refractivity (Wildman–Crippen MR) is 220 cm³/mol. The normalized spacial score (nSPS) is 11.9. The van der Waals surface area contributed by atoms with Crippen LogP contribution < -0.4 is 0 Å². The number of carbonyl (C=O) groups excluding carboxylic acids is 1. The van der Waals surface area contributed by atoms with Gasteiger partial charge in [0.25, 0.3) is 0 Å². The summed E-state index contributed by atoms with van der Waals surface area (Å²) in [6, 6.07) is 18.1. The van der Waals surface area contributed by atoms with E-state index in [0.717, 1.165) is 44.3 Å². The summed E-state index contributed by atoms with van der Waals surface area (Å²) in [5.74, 6) is -11.8. The van der Waals surface area contributed by atoms with Crippen LogP contribution in [0, 0.1) is 64.1 Å². The van der Waals surface area contributed by atoms with Gasteiger partial charge in [0.2, 0.25) is 0 Å². The van der Waals surface area contributed by atoms with Crippen LogP contribution in [0.3, 0.4) is 0 Å². The third-order valence-electron chi connectivity index (χ3n) is 9.25. The monoisotopic (exact) mass is 936 g/mol. The van der Waals surface area contributed by atoms with Gasteiger partial charge in [-0.2, -0.15) is 0 Å². The van der Waals surface area contributed by atoms with Crippen molar-refractivity contribution >= 4 is 22.2 Å². The molecule has 0 radical (unpaired) electrons. The van der Waals surface area contributed by atoms with E-state index in [2.05, 4.69) is 15.9 Å². The molecule has 0 aromatic heterocycles. The maximum absolute atomic E-state index is 14.3. The molecular formula is C47H39BrF10O4. The highest BCUT2D eigenvalue weighted by Gasteiger charge is 2.17. The average Bonchev–Trinajstić information content (AvgIpc) is 3.85. The fourth-order valence-electron chi connectivity index (χ4n) is 5.98. The van der Waals surface area contributed by atoms with Gasteiger partial charge < -0.3 is 14.9 Å². The Morgan fingerprint density at radius 2 is 0.903 bits per heavy atom. The molecule has 0 saturated carbocycles. The summed E-state index contributed by atoms with van der Waals surface area (Å²) in [6.07, 6.45) is 4.99. The van der Waals surface area contributed by atoms with Crippen molar-refractivity contribution in [3.05, 3.63) is 165 Å². The van der Waals surface area contributed by atoms with Gasteiger partial charge in [-0.1, -0.05) is 71.7 Å². The molecule has 0 amide bonds. The molecule has 1 aliphatic rings. The van der Waals surface area contributed by atoms with Gasteiger partial charge in [-0.25, -0.2) is 43.9 Å². The van der Waals surface area contributed by atoms with E-state index in [1.165, 1.54) is 61.4 Å². The summed E-state index contributed by atoms with van der Waals surface area (Å²) >= 11 is 3.13. The minimum atomic E-state index is -1.64. The molecule has 4 nitrogen and oxygen atoms in total. The van der Waals surface area contributed by atoms with Gasteiger partial charge in [-0.15, -0.1) is 0 Å². The predicted octanol–water partition coefficient (Wildman–Crippen LogP) is 13.2. The largest absolute Gasteiger partial charge is 0.396 e. The van der Waals surface area contributed by atoms with Crippen molar-refractivity contribution in [1.29, 1.82) is 0 Å². The molecule has 0 bridgehead atoms. The van der Waals surface area contributed by atoms with E-state index < -0.39 is 58.2 Å². The maximum Gasteiger partial charge on any atom is 0.194 e. The Morgan fingerprint density at radius 3 is 1.23 bits per heavy atom. The Bertz CT molecular complexity index is 2400. The van der Waals surface area contributed by atoms with E-state index in [1.54, 1.807) is 6.07 Å². The van der Waals surface area contributed by atoms with Crippen LogP contribution in [0.4, 0.5) is 43.9 Å². The number of hydrogen-bond donors (Lipinski definition) is 2. The Morgan fingerprint density at radius 1 is 0.532 bits per heavy atom. The molecule has 7 rings (SSSR count). The molecule has 62 heavy (non-hydrogen) atoms. The summed E-state index contributed by atoms with van der Waals surface area (Å²) in [4.78, 5) is 10.6. The third kappa shape index (κ3) is 13.3. The number of benzene rings is 6. The number of aliphatic hydroxyl groups excluding tert-OH is 2. The number of carbonyl (C=O) groups is 1. The second kappa shape index (κ2) is 23.8. The zero-order valence-electron chi connectivity index (χ0n) is 32.9. The summed E-state index contributed by atoms with van der Waals surface area (Å²) in [7, 11) is 0. The second-order valence-electron chi connectivity index (χ2n) is 13.7. The highest BCUT2D eigenvalue weighted by molar-refractivity contribution is 9.10. The molecule has 0 atom stereocenters. The van der Waals surface area contributed by atoms with Gasteiger partial charge in [0.15, 0.2) is 34.9 Å². The molecule has 1 aliphatic heterocycles. The van der Waals surface area contributed by atoms with E-state index in [1.807, 2.05) is 6.92 Å². The Hall–Kier alpha value is -5.35. The first kappa shape index (κ1) is 49.3.